The summed E-state index contributed by atoms with van der Waals surface area (Å²) in [6.07, 6.45) is 0. The van der Waals surface area contributed by atoms with Crippen molar-refractivity contribution in [3.8, 4) is 0 Å². The maximum absolute atomic E-state index is 13.4. The minimum Gasteiger partial charge on any atom is -0.343 e. The molecule has 4 nitrogen and oxygen atoms in total. The molecule has 0 bridgehead atoms. The van der Waals surface area contributed by atoms with Crippen molar-refractivity contribution in [2.45, 2.75) is 32.6 Å². The van der Waals surface area contributed by atoms with Crippen molar-refractivity contribution >= 4 is 39.8 Å². The summed E-state index contributed by atoms with van der Waals surface area (Å²) in [7, 11) is 3.48. The minimum absolute atomic E-state index is 0.180. The van der Waals surface area contributed by atoms with Crippen molar-refractivity contribution in [3.05, 3.63) is 89.0 Å². The quantitative estimate of drug-likeness (QED) is 0.253. The van der Waals surface area contributed by atoms with E-state index < -0.39 is 0 Å². The fourth-order valence-corrected chi connectivity index (χ4v) is 4.18. The van der Waals surface area contributed by atoms with Gasteiger partial charge >= 0.3 is 0 Å². The summed E-state index contributed by atoms with van der Waals surface area (Å²) in [4.78, 5) is 25.8. The lowest BCUT2D eigenvalue weighted by molar-refractivity contribution is -0.121. The molecule has 0 heterocycles. The van der Waals surface area contributed by atoms with Crippen LogP contribution in [-0.2, 0) is 4.79 Å². The van der Waals surface area contributed by atoms with Crippen LogP contribution in [0.25, 0.3) is 0 Å². The first-order chi connectivity index (χ1) is 15.3. The molecular formula is C27H29N3OS. The lowest BCUT2D eigenvalue weighted by Gasteiger charge is -2.16. The van der Waals surface area contributed by atoms with Crippen LogP contribution in [0.4, 0.5) is 11.4 Å². The van der Waals surface area contributed by atoms with E-state index in [1.807, 2.05) is 94.4 Å². The van der Waals surface area contributed by atoms with Gasteiger partial charge in [-0.25, -0.2) is 9.98 Å². The van der Waals surface area contributed by atoms with Crippen LogP contribution in [0.1, 0.15) is 22.3 Å². The maximum Gasteiger partial charge on any atom is 0.274 e. The van der Waals surface area contributed by atoms with E-state index in [-0.39, 0.29) is 5.91 Å². The monoisotopic (exact) mass is 443 g/mol. The number of rotatable bonds is 5. The van der Waals surface area contributed by atoms with Crippen LogP contribution in [0.3, 0.4) is 0 Å². The fraction of sp³-hybridized carbons (Fsp3) is 0.222. The van der Waals surface area contributed by atoms with Gasteiger partial charge in [0.25, 0.3) is 5.91 Å². The first-order valence-electron chi connectivity index (χ1n) is 10.5. The van der Waals surface area contributed by atoms with Gasteiger partial charge in [0, 0.05) is 19.0 Å². The Bertz CT molecular complexity index is 1140. The molecule has 0 spiro atoms. The number of para-hydroxylation sites is 2. The van der Waals surface area contributed by atoms with Crippen LogP contribution in [0.15, 0.2) is 81.6 Å². The summed E-state index contributed by atoms with van der Waals surface area (Å²) in [5.74, 6) is -0.180. The second kappa shape index (κ2) is 10.4. The van der Waals surface area contributed by atoms with Gasteiger partial charge < -0.3 is 4.90 Å². The van der Waals surface area contributed by atoms with Gasteiger partial charge in [-0.3, -0.25) is 4.79 Å². The topological polar surface area (TPSA) is 45.0 Å². The smallest absolute Gasteiger partial charge is 0.274 e. The molecule has 164 valence electrons. The first-order valence-corrected chi connectivity index (χ1v) is 11.3. The third-order valence-electron chi connectivity index (χ3n) is 5.09. The van der Waals surface area contributed by atoms with Gasteiger partial charge in [-0.1, -0.05) is 66.4 Å². The van der Waals surface area contributed by atoms with Gasteiger partial charge in [0.2, 0.25) is 0 Å². The molecule has 0 aromatic heterocycles. The summed E-state index contributed by atoms with van der Waals surface area (Å²) in [5.41, 5.74) is 6.16. The molecule has 0 radical (unpaired) electrons. The van der Waals surface area contributed by atoms with Crippen molar-refractivity contribution in [2.24, 2.45) is 9.98 Å². The van der Waals surface area contributed by atoms with Gasteiger partial charge in [-0.15, -0.1) is 0 Å². The number of nitrogens with zero attached hydrogens (tertiary/aromatic N) is 3. The van der Waals surface area contributed by atoms with Gasteiger partial charge in [-0.2, -0.15) is 0 Å². The predicted molar refractivity (Wildman–Crippen MR) is 137 cm³/mol. The Labute approximate surface area is 195 Å². The molecule has 0 saturated heterocycles. The number of benzene rings is 3. The Hall–Kier alpha value is -3.18. The van der Waals surface area contributed by atoms with E-state index in [2.05, 4.69) is 0 Å². The van der Waals surface area contributed by atoms with Crippen LogP contribution in [0.5, 0.6) is 0 Å². The second-order valence-electron chi connectivity index (χ2n) is 7.97. The molecule has 0 aliphatic heterocycles. The average molecular weight is 444 g/mol. The molecule has 0 N–H and O–H groups in total. The molecule has 32 heavy (non-hydrogen) atoms. The van der Waals surface area contributed by atoms with E-state index in [4.69, 9.17) is 9.98 Å². The van der Waals surface area contributed by atoms with Crippen molar-refractivity contribution in [1.82, 2.24) is 4.90 Å². The Morgan fingerprint density at radius 2 is 1.16 bits per heavy atom. The van der Waals surface area contributed by atoms with Crippen LogP contribution < -0.4 is 0 Å². The zero-order chi connectivity index (χ0) is 23.3. The molecule has 5 heteroatoms. The largest absolute Gasteiger partial charge is 0.343 e. The molecule has 0 fully saturated rings. The molecule has 0 aliphatic carbocycles. The molecule has 3 aromatic rings. The Morgan fingerprint density at radius 1 is 0.688 bits per heavy atom. The van der Waals surface area contributed by atoms with Gasteiger partial charge in [0.05, 0.1) is 11.4 Å². The summed E-state index contributed by atoms with van der Waals surface area (Å²) in [6.45, 7) is 8.09. The Kier molecular flexibility index (Phi) is 7.65. The molecule has 3 aromatic carbocycles. The summed E-state index contributed by atoms with van der Waals surface area (Å²) in [6, 6.07) is 22.1. The van der Waals surface area contributed by atoms with E-state index in [1.165, 1.54) is 11.8 Å². The van der Waals surface area contributed by atoms with E-state index >= 15 is 0 Å². The highest BCUT2D eigenvalue weighted by atomic mass is 32.2. The number of carbonyl (C=O) groups excluding carboxylic acids is 1. The maximum atomic E-state index is 13.4. The van der Waals surface area contributed by atoms with Gasteiger partial charge in [0.1, 0.15) is 5.04 Å². The standard InChI is InChI=1S/C27H29N3OS/c1-18-12-10-13-19(2)23(18)28-25(27(31)30(5)6)26(32-22-16-8-7-9-17-22)29-24-20(3)14-11-15-21(24)4/h7-17H,1-6H3. The van der Waals surface area contributed by atoms with E-state index in [9.17, 15) is 4.79 Å². The number of aryl methyl sites for hydroxylation is 4. The number of thioether (sulfide) groups is 1. The van der Waals surface area contributed by atoms with Crippen LogP contribution in [0.2, 0.25) is 0 Å². The Morgan fingerprint density at radius 3 is 1.62 bits per heavy atom. The number of carbonyl (C=O) groups is 1. The molecule has 0 unspecified atom stereocenters. The van der Waals surface area contributed by atoms with E-state index in [1.54, 1.807) is 19.0 Å². The summed E-state index contributed by atoms with van der Waals surface area (Å²) >= 11 is 1.46. The second-order valence-corrected chi connectivity index (χ2v) is 9.04. The molecule has 0 atom stereocenters. The zero-order valence-corrected chi connectivity index (χ0v) is 20.3. The van der Waals surface area contributed by atoms with Gasteiger partial charge in [0.15, 0.2) is 5.71 Å². The van der Waals surface area contributed by atoms with Crippen LogP contribution >= 0.6 is 11.8 Å². The Balaban J connectivity index is 2.27. The summed E-state index contributed by atoms with van der Waals surface area (Å²) < 4.78 is 0. The number of aliphatic imine (C=N–C) groups is 2. The number of hydrogen-bond acceptors (Lipinski definition) is 4. The normalized spacial score (nSPS) is 12.1. The fourth-order valence-electron chi connectivity index (χ4n) is 3.30. The highest BCUT2D eigenvalue weighted by Gasteiger charge is 2.23. The van der Waals surface area contributed by atoms with E-state index in [0.29, 0.717) is 10.8 Å². The first kappa shape index (κ1) is 23.5. The molecule has 0 saturated carbocycles. The van der Waals surface area contributed by atoms with E-state index in [0.717, 1.165) is 38.5 Å². The lowest BCUT2D eigenvalue weighted by atomic mass is 10.1. The van der Waals surface area contributed by atoms with Gasteiger partial charge in [-0.05, 0) is 62.1 Å². The minimum atomic E-state index is -0.180. The van der Waals surface area contributed by atoms with Crippen LogP contribution in [-0.4, -0.2) is 35.7 Å². The molecule has 3 rings (SSSR count). The highest BCUT2D eigenvalue weighted by molar-refractivity contribution is 8.16. The SMILES string of the molecule is Cc1cccc(C)c1N=C(Sc1ccccc1)C(=Nc1c(C)cccc1C)C(=O)N(C)C. The van der Waals surface area contributed by atoms with Crippen LogP contribution in [0, 0.1) is 27.7 Å². The highest BCUT2D eigenvalue weighted by Crippen LogP contribution is 2.30. The molecule has 0 aliphatic rings. The van der Waals surface area contributed by atoms with Crippen molar-refractivity contribution in [2.75, 3.05) is 14.1 Å². The van der Waals surface area contributed by atoms with Crippen molar-refractivity contribution in [1.29, 1.82) is 0 Å². The lowest BCUT2D eigenvalue weighted by Crippen LogP contribution is -2.34. The van der Waals surface area contributed by atoms with Crippen molar-refractivity contribution in [3.63, 3.8) is 0 Å². The molecule has 1 amide bonds. The molecular weight excluding hydrogens is 414 g/mol. The summed E-state index contributed by atoms with van der Waals surface area (Å²) in [5, 5.41) is 0.579. The third-order valence-corrected chi connectivity index (χ3v) is 6.07. The number of hydrogen-bond donors (Lipinski definition) is 0. The predicted octanol–water partition coefficient (Wildman–Crippen LogP) is 6.60. The average Bonchev–Trinajstić information content (AvgIpc) is 2.76. The number of amides is 1. The van der Waals surface area contributed by atoms with Crippen molar-refractivity contribution < 1.29 is 4.79 Å². The zero-order valence-electron chi connectivity index (χ0n) is 19.5. The third kappa shape index (κ3) is 5.54.